The van der Waals surface area contributed by atoms with Gasteiger partial charge in [-0.25, -0.2) is 4.39 Å². The third-order valence-corrected chi connectivity index (χ3v) is 4.54. The van der Waals surface area contributed by atoms with Gasteiger partial charge in [0, 0.05) is 18.7 Å². The Hall–Kier alpha value is -1.75. The van der Waals surface area contributed by atoms with Gasteiger partial charge >= 0.3 is 0 Å². The normalized spacial score (nSPS) is 19.5. The number of hydrogen-bond donors (Lipinski definition) is 1. The SMILES string of the molecule is O[C@@H](COCc1ccccc1F)CN1CC[C@H](c2ccccc2)C1. The first-order chi connectivity index (χ1) is 11.7. The highest BCUT2D eigenvalue weighted by molar-refractivity contribution is 5.21. The van der Waals surface area contributed by atoms with Gasteiger partial charge in [0.1, 0.15) is 5.82 Å². The van der Waals surface area contributed by atoms with E-state index in [0.29, 0.717) is 18.0 Å². The van der Waals surface area contributed by atoms with Crippen molar-refractivity contribution in [3.63, 3.8) is 0 Å². The van der Waals surface area contributed by atoms with Crippen molar-refractivity contribution >= 4 is 0 Å². The van der Waals surface area contributed by atoms with Gasteiger partial charge in [-0.15, -0.1) is 0 Å². The van der Waals surface area contributed by atoms with Crippen LogP contribution in [0.15, 0.2) is 54.6 Å². The third-order valence-electron chi connectivity index (χ3n) is 4.54. The van der Waals surface area contributed by atoms with E-state index in [1.54, 1.807) is 18.2 Å². The number of nitrogens with zero attached hydrogens (tertiary/aromatic N) is 1. The van der Waals surface area contributed by atoms with E-state index in [0.717, 1.165) is 19.5 Å². The molecule has 0 saturated carbocycles. The molecule has 1 fully saturated rings. The summed E-state index contributed by atoms with van der Waals surface area (Å²) >= 11 is 0. The van der Waals surface area contributed by atoms with Crippen LogP contribution in [0.4, 0.5) is 4.39 Å². The second-order valence-corrected chi connectivity index (χ2v) is 6.42. The fourth-order valence-corrected chi connectivity index (χ4v) is 3.27. The van der Waals surface area contributed by atoms with Crippen LogP contribution in [0, 0.1) is 5.82 Å². The predicted molar refractivity (Wildman–Crippen MR) is 92.3 cm³/mol. The first-order valence-electron chi connectivity index (χ1n) is 8.49. The highest BCUT2D eigenvalue weighted by Gasteiger charge is 2.25. The topological polar surface area (TPSA) is 32.7 Å². The van der Waals surface area contributed by atoms with E-state index in [1.807, 2.05) is 6.07 Å². The largest absolute Gasteiger partial charge is 0.389 e. The van der Waals surface area contributed by atoms with Crippen molar-refractivity contribution in [1.82, 2.24) is 4.90 Å². The Morgan fingerprint density at radius 1 is 1.12 bits per heavy atom. The average Bonchev–Trinajstić information content (AvgIpc) is 3.06. The number of β-amino-alcohol motifs (C(OH)–C–C–N with tert-alkyl or cyclic N) is 1. The minimum Gasteiger partial charge on any atom is -0.389 e. The fraction of sp³-hybridized carbons (Fsp3) is 0.400. The summed E-state index contributed by atoms with van der Waals surface area (Å²) in [6, 6.07) is 17.1. The van der Waals surface area contributed by atoms with Crippen molar-refractivity contribution in [3.05, 3.63) is 71.5 Å². The van der Waals surface area contributed by atoms with E-state index in [1.165, 1.54) is 11.6 Å². The second kappa shape index (κ2) is 8.38. The molecule has 3 rings (SSSR count). The zero-order valence-corrected chi connectivity index (χ0v) is 13.8. The van der Waals surface area contributed by atoms with Crippen molar-refractivity contribution in [3.8, 4) is 0 Å². The van der Waals surface area contributed by atoms with Crippen LogP contribution in [0.2, 0.25) is 0 Å². The molecule has 0 spiro atoms. The number of benzene rings is 2. The zero-order valence-electron chi connectivity index (χ0n) is 13.8. The van der Waals surface area contributed by atoms with Crippen LogP contribution < -0.4 is 0 Å². The van der Waals surface area contributed by atoms with E-state index in [4.69, 9.17) is 4.74 Å². The highest BCUT2D eigenvalue weighted by atomic mass is 19.1. The average molecular weight is 329 g/mol. The molecular weight excluding hydrogens is 305 g/mol. The molecule has 0 radical (unpaired) electrons. The lowest BCUT2D eigenvalue weighted by Gasteiger charge is -2.20. The molecule has 2 aromatic carbocycles. The quantitative estimate of drug-likeness (QED) is 0.847. The molecule has 1 saturated heterocycles. The Morgan fingerprint density at radius 3 is 2.67 bits per heavy atom. The van der Waals surface area contributed by atoms with Gasteiger partial charge < -0.3 is 14.7 Å². The molecule has 0 unspecified atom stereocenters. The van der Waals surface area contributed by atoms with E-state index in [9.17, 15) is 9.50 Å². The van der Waals surface area contributed by atoms with Crippen molar-refractivity contribution in [2.75, 3.05) is 26.2 Å². The Bertz CT molecular complexity index is 635. The van der Waals surface area contributed by atoms with Gasteiger partial charge in [0.15, 0.2) is 0 Å². The van der Waals surface area contributed by atoms with Crippen molar-refractivity contribution in [1.29, 1.82) is 0 Å². The molecule has 0 amide bonds. The molecule has 24 heavy (non-hydrogen) atoms. The maximum atomic E-state index is 13.5. The second-order valence-electron chi connectivity index (χ2n) is 6.42. The predicted octanol–water partition coefficient (Wildman–Crippen LogP) is 3.19. The molecule has 0 aliphatic carbocycles. The number of rotatable bonds is 7. The van der Waals surface area contributed by atoms with Crippen LogP contribution in [0.25, 0.3) is 0 Å². The third kappa shape index (κ3) is 4.63. The Labute approximate surface area is 142 Å². The fourth-order valence-electron chi connectivity index (χ4n) is 3.27. The number of aliphatic hydroxyl groups excluding tert-OH is 1. The smallest absolute Gasteiger partial charge is 0.128 e. The van der Waals surface area contributed by atoms with Gasteiger partial charge in [0.05, 0.1) is 19.3 Å². The number of halogens is 1. The van der Waals surface area contributed by atoms with Gasteiger partial charge in [-0.2, -0.15) is 0 Å². The van der Waals surface area contributed by atoms with Crippen LogP contribution in [-0.2, 0) is 11.3 Å². The van der Waals surface area contributed by atoms with E-state index < -0.39 is 6.10 Å². The van der Waals surface area contributed by atoms with Crippen LogP contribution >= 0.6 is 0 Å². The molecule has 0 aromatic heterocycles. The summed E-state index contributed by atoms with van der Waals surface area (Å²) in [5, 5.41) is 10.2. The molecule has 1 N–H and O–H groups in total. The first-order valence-corrected chi connectivity index (χ1v) is 8.49. The Morgan fingerprint density at radius 2 is 1.88 bits per heavy atom. The summed E-state index contributed by atoms with van der Waals surface area (Å²) < 4.78 is 19.0. The Kier molecular flexibility index (Phi) is 5.96. The van der Waals surface area contributed by atoms with Crippen molar-refractivity contribution in [2.45, 2.75) is 25.0 Å². The summed E-state index contributed by atoms with van der Waals surface area (Å²) in [4.78, 5) is 2.27. The molecule has 3 nitrogen and oxygen atoms in total. The number of ether oxygens (including phenoxy) is 1. The Balaban J connectivity index is 1.40. The molecule has 1 heterocycles. The van der Waals surface area contributed by atoms with Gasteiger partial charge in [0.25, 0.3) is 0 Å². The van der Waals surface area contributed by atoms with Gasteiger partial charge in [-0.1, -0.05) is 48.5 Å². The lowest BCUT2D eigenvalue weighted by molar-refractivity contribution is 0.0124. The van der Waals surface area contributed by atoms with Crippen LogP contribution in [-0.4, -0.2) is 42.4 Å². The lowest BCUT2D eigenvalue weighted by atomic mass is 9.99. The van der Waals surface area contributed by atoms with Crippen molar-refractivity contribution in [2.24, 2.45) is 0 Å². The summed E-state index contributed by atoms with van der Waals surface area (Å²) in [5.74, 6) is 0.273. The van der Waals surface area contributed by atoms with E-state index in [2.05, 4.69) is 29.2 Å². The van der Waals surface area contributed by atoms with Crippen molar-refractivity contribution < 1.29 is 14.2 Å². The molecule has 2 atom stereocenters. The van der Waals surface area contributed by atoms with Crippen LogP contribution in [0.3, 0.4) is 0 Å². The molecule has 0 bridgehead atoms. The summed E-state index contributed by atoms with van der Waals surface area (Å²) in [6.45, 7) is 2.97. The monoisotopic (exact) mass is 329 g/mol. The molecule has 1 aliphatic rings. The zero-order chi connectivity index (χ0) is 16.8. The van der Waals surface area contributed by atoms with E-state index in [-0.39, 0.29) is 19.0 Å². The lowest BCUT2D eigenvalue weighted by Crippen LogP contribution is -2.33. The molecular formula is C20H24FNO2. The summed E-state index contributed by atoms with van der Waals surface area (Å²) in [6.07, 6.45) is 0.568. The molecule has 2 aromatic rings. The van der Waals surface area contributed by atoms with Crippen LogP contribution in [0.1, 0.15) is 23.5 Å². The van der Waals surface area contributed by atoms with Gasteiger partial charge in [-0.05, 0) is 30.5 Å². The number of hydrogen-bond acceptors (Lipinski definition) is 3. The first kappa shape index (κ1) is 17.1. The molecule has 128 valence electrons. The highest BCUT2D eigenvalue weighted by Crippen LogP contribution is 2.26. The van der Waals surface area contributed by atoms with Crippen LogP contribution in [0.5, 0.6) is 0 Å². The summed E-state index contributed by atoms with van der Waals surface area (Å²) in [5.41, 5.74) is 1.89. The minimum atomic E-state index is -0.550. The number of aliphatic hydroxyl groups is 1. The minimum absolute atomic E-state index is 0.191. The molecule has 4 heteroatoms. The van der Waals surface area contributed by atoms with Gasteiger partial charge in [0.2, 0.25) is 0 Å². The summed E-state index contributed by atoms with van der Waals surface area (Å²) in [7, 11) is 0. The van der Waals surface area contributed by atoms with E-state index >= 15 is 0 Å². The molecule has 1 aliphatic heterocycles. The number of likely N-dealkylation sites (tertiary alicyclic amines) is 1. The maximum Gasteiger partial charge on any atom is 0.128 e. The standard InChI is InChI=1S/C20H24FNO2/c21-20-9-5-4-8-18(20)14-24-15-19(23)13-22-11-10-17(12-22)16-6-2-1-3-7-16/h1-9,17,19,23H,10-15H2/t17-,19+/m0/s1. The van der Waals surface area contributed by atoms with Gasteiger partial charge in [-0.3, -0.25) is 0 Å². The maximum absolute atomic E-state index is 13.5.